The van der Waals surface area contributed by atoms with Gasteiger partial charge < -0.3 is 14.5 Å². The topological polar surface area (TPSA) is 58.6 Å². The van der Waals surface area contributed by atoms with Gasteiger partial charge in [0.05, 0.1) is 6.61 Å². The molecule has 1 fully saturated rings. The van der Waals surface area contributed by atoms with Gasteiger partial charge in [-0.25, -0.2) is 4.98 Å². The maximum Gasteiger partial charge on any atom is 0.219 e. The number of ether oxygens (including phenoxy) is 1. The minimum absolute atomic E-state index is 0.133. The number of piperazine rings is 1. The van der Waals surface area contributed by atoms with Crippen LogP contribution in [0.4, 0.5) is 5.82 Å². The Kier molecular flexibility index (Phi) is 4.19. The molecule has 0 N–H and O–H groups in total. The van der Waals surface area contributed by atoms with Gasteiger partial charge in [-0.15, -0.1) is 0 Å². The van der Waals surface area contributed by atoms with Crippen molar-refractivity contribution in [1.82, 2.24) is 14.9 Å². The molecule has 0 aromatic carbocycles. The molecule has 0 radical (unpaired) electrons. The van der Waals surface area contributed by atoms with Crippen molar-refractivity contribution in [3.05, 3.63) is 11.9 Å². The maximum absolute atomic E-state index is 11.3. The lowest BCUT2D eigenvalue weighted by Gasteiger charge is -2.35. The Balaban J connectivity index is 2.08. The van der Waals surface area contributed by atoms with E-state index in [4.69, 9.17) is 4.74 Å². The fraction of sp³-hybridized carbons (Fsp3) is 0.615. The van der Waals surface area contributed by atoms with E-state index in [2.05, 4.69) is 14.9 Å². The van der Waals surface area contributed by atoms with Crippen molar-refractivity contribution in [2.75, 3.05) is 37.7 Å². The average molecular weight is 264 g/mol. The normalized spacial score (nSPS) is 15.5. The third kappa shape index (κ3) is 3.33. The number of aromatic nitrogens is 2. The van der Waals surface area contributed by atoms with Crippen LogP contribution in [0.2, 0.25) is 0 Å². The summed E-state index contributed by atoms with van der Waals surface area (Å²) >= 11 is 0. The Morgan fingerprint density at radius 1 is 1.32 bits per heavy atom. The predicted octanol–water partition coefficient (Wildman–Crippen LogP) is 0.852. The molecule has 1 aromatic heterocycles. The number of carbonyl (C=O) groups excluding carboxylic acids is 1. The highest BCUT2D eigenvalue weighted by Crippen LogP contribution is 2.19. The summed E-state index contributed by atoms with van der Waals surface area (Å²) in [5, 5.41) is 0. The van der Waals surface area contributed by atoms with Crippen LogP contribution in [0.1, 0.15) is 19.7 Å². The first kappa shape index (κ1) is 13.6. The largest absolute Gasteiger partial charge is 0.478 e. The predicted molar refractivity (Wildman–Crippen MR) is 72.4 cm³/mol. The molecule has 0 bridgehead atoms. The number of aryl methyl sites for hydroxylation is 1. The number of hydrogen-bond acceptors (Lipinski definition) is 5. The molecule has 104 valence electrons. The second-order valence-electron chi connectivity index (χ2n) is 4.54. The summed E-state index contributed by atoms with van der Waals surface area (Å²) in [7, 11) is 0. The summed E-state index contributed by atoms with van der Waals surface area (Å²) in [6.45, 7) is 9.06. The van der Waals surface area contributed by atoms with Crippen LogP contribution in [0.25, 0.3) is 0 Å². The standard InChI is InChI=1S/C13H20N4O2/c1-4-19-13-9-12(14-10(2)15-13)17-7-5-16(6-8-17)11(3)18/h9H,4-8H2,1-3H3. The molecular formula is C13H20N4O2. The van der Waals surface area contributed by atoms with E-state index in [9.17, 15) is 4.79 Å². The van der Waals surface area contributed by atoms with Crippen LogP contribution in [0.5, 0.6) is 5.88 Å². The zero-order valence-corrected chi connectivity index (χ0v) is 11.7. The minimum atomic E-state index is 0.133. The van der Waals surface area contributed by atoms with E-state index in [0.29, 0.717) is 18.3 Å². The molecule has 6 heteroatoms. The van der Waals surface area contributed by atoms with Crippen LogP contribution >= 0.6 is 0 Å². The van der Waals surface area contributed by atoms with Gasteiger partial charge in [0.1, 0.15) is 11.6 Å². The van der Waals surface area contributed by atoms with Gasteiger partial charge in [0, 0.05) is 39.2 Å². The van der Waals surface area contributed by atoms with Crippen LogP contribution < -0.4 is 9.64 Å². The molecule has 1 amide bonds. The fourth-order valence-corrected chi connectivity index (χ4v) is 2.16. The smallest absolute Gasteiger partial charge is 0.219 e. The van der Waals surface area contributed by atoms with E-state index in [1.807, 2.05) is 24.8 Å². The molecular weight excluding hydrogens is 244 g/mol. The average Bonchev–Trinajstić information content (AvgIpc) is 2.38. The zero-order valence-electron chi connectivity index (χ0n) is 11.7. The highest BCUT2D eigenvalue weighted by atomic mass is 16.5. The number of amides is 1. The lowest BCUT2D eigenvalue weighted by atomic mass is 10.3. The Labute approximate surface area is 113 Å². The summed E-state index contributed by atoms with van der Waals surface area (Å²) in [5.41, 5.74) is 0. The molecule has 1 aliphatic rings. The van der Waals surface area contributed by atoms with Crippen molar-refractivity contribution in [1.29, 1.82) is 0 Å². The quantitative estimate of drug-likeness (QED) is 0.810. The highest BCUT2D eigenvalue weighted by molar-refractivity contribution is 5.73. The Morgan fingerprint density at radius 2 is 2.00 bits per heavy atom. The summed E-state index contributed by atoms with van der Waals surface area (Å²) < 4.78 is 5.44. The molecule has 0 saturated carbocycles. The number of anilines is 1. The third-order valence-corrected chi connectivity index (χ3v) is 3.14. The van der Waals surface area contributed by atoms with Gasteiger partial charge in [0.15, 0.2) is 0 Å². The van der Waals surface area contributed by atoms with Crippen LogP contribution in [-0.4, -0.2) is 53.6 Å². The number of nitrogens with zero attached hydrogens (tertiary/aromatic N) is 4. The first-order valence-corrected chi connectivity index (χ1v) is 6.59. The second kappa shape index (κ2) is 5.86. The molecule has 2 rings (SSSR count). The molecule has 2 heterocycles. The van der Waals surface area contributed by atoms with Gasteiger partial charge in [0.25, 0.3) is 0 Å². The Bertz CT molecular complexity index is 456. The molecule has 0 spiro atoms. The van der Waals surface area contributed by atoms with Crippen molar-refractivity contribution < 1.29 is 9.53 Å². The molecule has 1 saturated heterocycles. The molecule has 0 atom stereocenters. The second-order valence-corrected chi connectivity index (χ2v) is 4.54. The van der Waals surface area contributed by atoms with Gasteiger partial charge in [-0.3, -0.25) is 4.79 Å². The summed E-state index contributed by atoms with van der Waals surface area (Å²) in [6, 6.07) is 1.86. The van der Waals surface area contributed by atoms with E-state index in [1.165, 1.54) is 0 Å². The molecule has 1 aliphatic heterocycles. The first-order chi connectivity index (χ1) is 9.10. The molecule has 0 aliphatic carbocycles. The van der Waals surface area contributed by atoms with E-state index < -0.39 is 0 Å². The van der Waals surface area contributed by atoms with Gasteiger partial charge in [-0.2, -0.15) is 4.98 Å². The van der Waals surface area contributed by atoms with Crippen molar-refractivity contribution in [3.63, 3.8) is 0 Å². The zero-order chi connectivity index (χ0) is 13.8. The van der Waals surface area contributed by atoms with Gasteiger partial charge >= 0.3 is 0 Å². The van der Waals surface area contributed by atoms with Gasteiger partial charge in [-0.1, -0.05) is 0 Å². The highest BCUT2D eigenvalue weighted by Gasteiger charge is 2.20. The SMILES string of the molecule is CCOc1cc(N2CCN(C(C)=O)CC2)nc(C)n1. The lowest BCUT2D eigenvalue weighted by Crippen LogP contribution is -2.48. The van der Waals surface area contributed by atoms with E-state index in [-0.39, 0.29) is 5.91 Å². The van der Waals surface area contributed by atoms with Crippen LogP contribution in [-0.2, 0) is 4.79 Å². The van der Waals surface area contributed by atoms with Crippen molar-refractivity contribution >= 4 is 11.7 Å². The number of hydrogen-bond donors (Lipinski definition) is 0. The fourth-order valence-electron chi connectivity index (χ4n) is 2.16. The van der Waals surface area contributed by atoms with E-state index in [1.54, 1.807) is 6.92 Å². The van der Waals surface area contributed by atoms with Crippen molar-refractivity contribution in [2.24, 2.45) is 0 Å². The minimum Gasteiger partial charge on any atom is -0.478 e. The molecule has 1 aromatic rings. The number of carbonyl (C=O) groups is 1. The van der Waals surface area contributed by atoms with Crippen LogP contribution in [0.15, 0.2) is 6.07 Å². The Hall–Kier alpha value is -1.85. The van der Waals surface area contributed by atoms with Crippen molar-refractivity contribution in [2.45, 2.75) is 20.8 Å². The van der Waals surface area contributed by atoms with E-state index in [0.717, 1.165) is 32.0 Å². The maximum atomic E-state index is 11.3. The Morgan fingerprint density at radius 3 is 2.58 bits per heavy atom. The van der Waals surface area contributed by atoms with Gasteiger partial charge in [-0.05, 0) is 13.8 Å². The lowest BCUT2D eigenvalue weighted by molar-refractivity contribution is -0.129. The monoisotopic (exact) mass is 264 g/mol. The summed E-state index contributed by atoms with van der Waals surface area (Å²) in [5.74, 6) is 2.32. The summed E-state index contributed by atoms with van der Waals surface area (Å²) in [4.78, 5) is 24.0. The molecule has 6 nitrogen and oxygen atoms in total. The van der Waals surface area contributed by atoms with Crippen LogP contribution in [0, 0.1) is 6.92 Å². The van der Waals surface area contributed by atoms with Gasteiger partial charge in [0.2, 0.25) is 11.8 Å². The first-order valence-electron chi connectivity index (χ1n) is 6.59. The van der Waals surface area contributed by atoms with E-state index >= 15 is 0 Å². The molecule has 19 heavy (non-hydrogen) atoms. The van der Waals surface area contributed by atoms with Crippen LogP contribution in [0.3, 0.4) is 0 Å². The molecule has 0 unspecified atom stereocenters. The third-order valence-electron chi connectivity index (χ3n) is 3.14. The van der Waals surface area contributed by atoms with Crippen molar-refractivity contribution in [3.8, 4) is 5.88 Å². The summed E-state index contributed by atoms with van der Waals surface area (Å²) in [6.07, 6.45) is 0. The number of rotatable bonds is 3.